The van der Waals surface area contributed by atoms with Crippen LogP contribution in [0.15, 0.2) is 205 Å². The minimum absolute atomic E-state index is 0.0521. The van der Waals surface area contributed by atoms with Gasteiger partial charge >= 0.3 is 12.2 Å². The maximum atomic E-state index is 12.3. The summed E-state index contributed by atoms with van der Waals surface area (Å²) >= 11 is 0. The largest absolute Gasteiger partial charge is 0.494 e. The van der Waals surface area contributed by atoms with Crippen LogP contribution >= 0.6 is 0 Å². The van der Waals surface area contributed by atoms with Crippen molar-refractivity contribution in [2.24, 2.45) is 10.2 Å². The van der Waals surface area contributed by atoms with Gasteiger partial charge in [-0.15, -0.1) is 0 Å². The number of hydrogen-bond acceptors (Lipinski definition) is 26. The SMILES string of the molecule is C=C(C)NN(C(C)=O)C(=O)c1ccc(N2C(=O)C=CC2=O)cc1.CC(=O)N(NC(=O)c1ccc(N2C(=O)C=CC2=O)cc1)C(=O)OC(C)(C)C.CC(=O)N(NC(=O)c1ccc(N2C(=O)C=CC2=O)cc1)C(C)=O.CC(=O)c1ccc(N2C(=O)C=CC2=O)cc1.CC(C)(C)OC(=O)N=NC(=O)c1ccc(-n2c(O)ccc2O)cc1.CC(C)(C)OC=O. The molecule has 38 heteroatoms. The van der Waals surface area contributed by atoms with Gasteiger partial charge in [0.15, 0.2) is 17.5 Å². The first-order valence-electron chi connectivity index (χ1n) is 35.3. The second-order valence-corrected chi connectivity index (χ2v) is 28.0. The van der Waals surface area contributed by atoms with Gasteiger partial charge < -0.3 is 24.4 Å². The van der Waals surface area contributed by atoms with Crippen LogP contribution in [0.3, 0.4) is 0 Å². The first kappa shape index (κ1) is 94.7. The summed E-state index contributed by atoms with van der Waals surface area (Å²) in [7, 11) is 0. The zero-order valence-electron chi connectivity index (χ0n) is 67.4. The van der Waals surface area contributed by atoms with E-state index in [-0.39, 0.29) is 57.2 Å². The van der Waals surface area contributed by atoms with Crippen molar-refractivity contribution in [1.29, 1.82) is 0 Å². The normalized spacial score (nSPS) is 13.0. The number of aromatic hydroxyl groups is 2. The van der Waals surface area contributed by atoms with Crippen LogP contribution in [0.1, 0.15) is 156 Å². The summed E-state index contributed by atoms with van der Waals surface area (Å²) in [5.74, 6) is -8.98. The predicted molar refractivity (Wildman–Crippen MR) is 425 cm³/mol. The Balaban J connectivity index is 0.000000263. The number of imide groups is 7. The number of hydrazine groups is 3. The molecule has 0 unspecified atom stereocenters. The summed E-state index contributed by atoms with van der Waals surface area (Å²) in [5, 5.41) is 27.7. The van der Waals surface area contributed by atoms with Crippen molar-refractivity contribution >= 4 is 142 Å². The smallest absolute Gasteiger partial charge is 0.453 e. The van der Waals surface area contributed by atoms with E-state index in [1.54, 1.807) is 72.7 Å². The molecule has 0 fully saturated rings. The van der Waals surface area contributed by atoms with Crippen LogP contribution in [0.2, 0.25) is 0 Å². The van der Waals surface area contributed by atoms with E-state index in [0.29, 0.717) is 56.2 Å². The van der Waals surface area contributed by atoms with Gasteiger partial charge in [0.25, 0.3) is 77.4 Å². The zero-order valence-corrected chi connectivity index (χ0v) is 67.4. The molecular formula is C82H83N13O25. The summed E-state index contributed by atoms with van der Waals surface area (Å²) in [6, 6.07) is 31.8. The minimum Gasteiger partial charge on any atom is -0.494 e. The van der Waals surface area contributed by atoms with Gasteiger partial charge in [-0.2, -0.15) is 15.0 Å². The predicted octanol–water partition coefficient (Wildman–Crippen LogP) is 8.54. The molecule has 18 amide bonds. The van der Waals surface area contributed by atoms with Gasteiger partial charge in [-0.1, -0.05) is 16.8 Å². The summed E-state index contributed by atoms with van der Waals surface area (Å²) in [6.07, 6.45) is 7.44. The van der Waals surface area contributed by atoms with Crippen LogP contribution in [0.5, 0.6) is 11.8 Å². The molecule has 5 aromatic carbocycles. The van der Waals surface area contributed by atoms with Gasteiger partial charge in [-0.05, 0) is 197 Å². The van der Waals surface area contributed by atoms with Crippen molar-refractivity contribution in [3.05, 3.63) is 222 Å². The van der Waals surface area contributed by atoms with Crippen LogP contribution in [-0.4, -0.2) is 166 Å². The summed E-state index contributed by atoms with van der Waals surface area (Å²) in [5.41, 5.74) is 8.60. The highest BCUT2D eigenvalue weighted by Crippen LogP contribution is 2.28. The van der Waals surface area contributed by atoms with E-state index in [4.69, 9.17) is 9.47 Å². The Hall–Kier alpha value is -15.9. The van der Waals surface area contributed by atoms with Gasteiger partial charge in [0.1, 0.15) is 16.8 Å². The number of ether oxygens (including phenoxy) is 3. The summed E-state index contributed by atoms with van der Waals surface area (Å²) < 4.78 is 15.7. The molecule has 5 heterocycles. The number of allylic oxidation sites excluding steroid dienone is 1. The van der Waals surface area contributed by atoms with Crippen LogP contribution in [0, 0.1) is 0 Å². The average Bonchev–Trinajstić information content (AvgIpc) is 1.66. The van der Waals surface area contributed by atoms with Gasteiger partial charge in [-0.25, -0.2) is 29.2 Å². The number of aromatic nitrogens is 1. The number of nitrogens with one attached hydrogen (secondary N) is 3. The summed E-state index contributed by atoms with van der Waals surface area (Å²) in [6.45, 7) is 27.1. The number of rotatable bonds is 13. The van der Waals surface area contributed by atoms with E-state index < -0.39 is 106 Å². The lowest BCUT2D eigenvalue weighted by molar-refractivity contribution is -0.145. The molecule has 38 nitrogen and oxygen atoms in total. The van der Waals surface area contributed by atoms with E-state index >= 15 is 0 Å². The highest BCUT2D eigenvalue weighted by Gasteiger charge is 2.32. The molecule has 6 aromatic rings. The summed E-state index contributed by atoms with van der Waals surface area (Å²) in [4.78, 5) is 235. The molecule has 10 rings (SSSR count). The Bertz CT molecular complexity index is 5130. The van der Waals surface area contributed by atoms with Crippen LogP contribution < -0.4 is 35.9 Å². The van der Waals surface area contributed by atoms with Crippen molar-refractivity contribution < 1.29 is 120 Å². The monoisotopic (exact) mass is 1650 g/mol. The lowest BCUT2D eigenvalue weighted by Gasteiger charge is -2.25. The Kier molecular flexibility index (Phi) is 32.7. The fourth-order valence-electron chi connectivity index (χ4n) is 9.61. The third-order valence-electron chi connectivity index (χ3n) is 14.9. The number of nitrogens with zero attached hydrogens (tertiary/aromatic N) is 10. The van der Waals surface area contributed by atoms with E-state index in [0.717, 1.165) is 69.7 Å². The van der Waals surface area contributed by atoms with Crippen molar-refractivity contribution in [3.63, 3.8) is 0 Å². The average molecular weight is 1650 g/mol. The molecule has 0 spiro atoms. The number of hydrogen-bond donors (Lipinski definition) is 5. The number of amides is 18. The quantitative estimate of drug-likeness (QED) is 0.0180. The Labute approximate surface area is 685 Å². The molecule has 0 bridgehead atoms. The Morgan fingerprint density at radius 3 is 0.933 bits per heavy atom. The molecule has 4 aliphatic heterocycles. The van der Waals surface area contributed by atoms with E-state index in [9.17, 15) is 106 Å². The zero-order chi connectivity index (χ0) is 90.2. The second kappa shape index (κ2) is 41.4. The number of Topliss-reactive ketones (excluding diaryl/α,β-unsaturated/α-hetero) is 1. The Morgan fingerprint density at radius 2 is 0.658 bits per heavy atom. The van der Waals surface area contributed by atoms with E-state index in [1.807, 2.05) is 20.8 Å². The molecule has 5 N–H and O–H groups in total. The van der Waals surface area contributed by atoms with Gasteiger partial charge in [0.2, 0.25) is 23.6 Å². The fraction of sp³-hybridized carbons (Fsp3) is 0.220. The fourth-order valence-corrected chi connectivity index (χ4v) is 9.61. The van der Waals surface area contributed by atoms with Gasteiger partial charge in [0, 0.05) is 122 Å². The first-order valence-corrected chi connectivity index (χ1v) is 35.3. The standard InChI is InChI=1S/C18H19N3O6.C16H17N3O5.C16H15N3O4.C15H13N3O5.C12H9NO3.C5H10O2/c1-11(22)21(17(26)27-18(2,3)4)19-16(25)12-5-7-13(8-6-12)20-14(23)9-10-15(20)24;1-16(2,3)24-15(23)18-17-14(22)10-4-6-11(7-5-10)19-12(20)8-9-13(19)21;1-10(2)17-19(11(3)20)16(23)12-4-6-13(7-5-12)18-14(21)8-9-15(18)22;1-9(19)18(10(2)20)16-15(23)11-3-5-12(6-4-11)17-13(21)7-8-14(17)22;1-8(14)9-2-4-10(5-3-9)13-11(15)6-7-12(13)16;1-5(2,3)7-4-6/h5-10H,1-4H3,(H,19,25);4-9,20-21H,1-3H3;4-9,17H,1H2,2-3H3;3-8H,1-2H3,(H,16,23);2-7H,1H3;4H,1-3H3. The molecule has 4 aliphatic rings. The molecule has 1 aromatic heterocycles. The third-order valence-corrected chi connectivity index (χ3v) is 14.9. The molecule has 0 atom stereocenters. The first-order chi connectivity index (χ1) is 55.9. The van der Waals surface area contributed by atoms with Crippen LogP contribution in [0.25, 0.3) is 5.69 Å². The van der Waals surface area contributed by atoms with Crippen molar-refractivity contribution in [1.82, 2.24) is 35.9 Å². The van der Waals surface area contributed by atoms with Gasteiger partial charge in [-0.3, -0.25) is 107 Å². The number of azo groups is 1. The molecule has 0 saturated carbocycles. The molecule has 0 saturated heterocycles. The third kappa shape index (κ3) is 27.7. The van der Waals surface area contributed by atoms with Crippen molar-refractivity contribution in [2.75, 3.05) is 19.6 Å². The van der Waals surface area contributed by atoms with E-state index in [1.165, 1.54) is 152 Å². The molecule has 626 valence electrons. The number of anilines is 4. The Morgan fingerprint density at radius 1 is 0.367 bits per heavy atom. The highest BCUT2D eigenvalue weighted by atomic mass is 16.6. The molecule has 120 heavy (non-hydrogen) atoms. The van der Waals surface area contributed by atoms with Crippen LogP contribution in [0.4, 0.5) is 32.3 Å². The van der Waals surface area contributed by atoms with Crippen molar-refractivity contribution in [2.45, 2.75) is 121 Å². The second-order valence-electron chi connectivity index (χ2n) is 28.0. The number of ketones is 1. The maximum absolute atomic E-state index is 12.3. The van der Waals surface area contributed by atoms with Gasteiger partial charge in [0.05, 0.1) is 28.4 Å². The molecule has 0 aliphatic carbocycles. The lowest BCUT2D eigenvalue weighted by Crippen LogP contribution is -2.50. The minimum atomic E-state index is -1.01. The lowest BCUT2D eigenvalue weighted by atomic mass is 10.1. The van der Waals surface area contributed by atoms with Crippen LogP contribution in [-0.2, 0) is 76.5 Å². The molecular weight excluding hydrogens is 1570 g/mol. The topological polar surface area (TPSA) is 498 Å². The van der Waals surface area contributed by atoms with Crippen molar-refractivity contribution in [3.8, 4) is 17.4 Å². The number of carbonyl (C=O) groups excluding carboxylic acids is 20. The maximum Gasteiger partial charge on any atom is 0.453 e. The molecule has 0 radical (unpaired) electrons. The highest BCUT2D eigenvalue weighted by molar-refractivity contribution is 6.30. The van der Waals surface area contributed by atoms with E-state index in [2.05, 4.69) is 37.8 Å². The number of carbonyl (C=O) groups is 20. The number of benzene rings is 5.